The number of sulfone groups is 1. The monoisotopic (exact) mass is 285 g/mol. The summed E-state index contributed by atoms with van der Waals surface area (Å²) < 4.78 is 23.5. The Bertz CT molecular complexity index is 505. The van der Waals surface area contributed by atoms with Gasteiger partial charge in [0.25, 0.3) is 0 Å². The summed E-state index contributed by atoms with van der Waals surface area (Å²) in [7, 11) is -3.18. The van der Waals surface area contributed by atoms with Crippen molar-refractivity contribution in [2.75, 3.05) is 11.5 Å². The fraction of sp³-hybridized carbons (Fsp3) is 0.929. The molecule has 2 unspecified atom stereocenters. The first-order valence-corrected chi connectivity index (χ1v) is 8.80. The van der Waals surface area contributed by atoms with Gasteiger partial charge in [-0.25, -0.2) is 8.42 Å². The third-order valence-corrected chi connectivity index (χ3v) is 6.83. The minimum absolute atomic E-state index is 0.0340. The van der Waals surface area contributed by atoms with Crippen molar-refractivity contribution in [3.63, 3.8) is 0 Å². The third kappa shape index (κ3) is 2.66. The molecular weight excluding hydrogens is 262 g/mol. The zero-order chi connectivity index (χ0) is 14.4. The van der Waals surface area contributed by atoms with E-state index >= 15 is 0 Å². The van der Waals surface area contributed by atoms with E-state index in [4.69, 9.17) is 0 Å². The maximum absolute atomic E-state index is 11.7. The van der Waals surface area contributed by atoms with Gasteiger partial charge in [0, 0.05) is 0 Å². The first kappa shape index (κ1) is 14.8. The first-order valence-electron chi connectivity index (χ1n) is 6.98. The van der Waals surface area contributed by atoms with E-state index in [1.807, 2.05) is 0 Å². The van der Waals surface area contributed by atoms with Crippen molar-refractivity contribution in [3.8, 4) is 6.07 Å². The molecule has 19 heavy (non-hydrogen) atoms. The Balaban J connectivity index is 2.31. The van der Waals surface area contributed by atoms with Gasteiger partial charge in [-0.2, -0.15) is 5.26 Å². The highest BCUT2D eigenvalue weighted by atomic mass is 32.2. The summed E-state index contributed by atoms with van der Waals surface area (Å²) in [6, 6.07) is 2.17. The summed E-state index contributed by atoms with van der Waals surface area (Å²) in [5, 5.41) is 20.5. The van der Waals surface area contributed by atoms with Gasteiger partial charge in [-0.15, -0.1) is 0 Å². The van der Waals surface area contributed by atoms with Crippen LogP contribution >= 0.6 is 0 Å². The number of nitriles is 1. The standard InChI is InChI=1S/C14H23NO3S/c1-12(2)4-3-5-14(16,7-6-12)13(10-15)8-9-19(17,18)11-13/h16H,3-9,11H2,1-2H3. The van der Waals surface area contributed by atoms with Crippen molar-refractivity contribution in [2.24, 2.45) is 10.8 Å². The molecule has 0 spiro atoms. The van der Waals surface area contributed by atoms with E-state index < -0.39 is 20.9 Å². The van der Waals surface area contributed by atoms with Gasteiger partial charge in [0.05, 0.1) is 23.2 Å². The molecule has 2 aliphatic rings. The second kappa shape index (κ2) is 4.46. The molecule has 1 aliphatic carbocycles. The second-order valence-corrected chi connectivity index (χ2v) is 9.27. The molecule has 108 valence electrons. The summed E-state index contributed by atoms with van der Waals surface area (Å²) in [4.78, 5) is 0. The Morgan fingerprint density at radius 1 is 1.11 bits per heavy atom. The van der Waals surface area contributed by atoms with Crippen molar-refractivity contribution in [1.29, 1.82) is 5.26 Å². The largest absolute Gasteiger partial charge is 0.388 e. The molecule has 4 nitrogen and oxygen atoms in total. The van der Waals surface area contributed by atoms with E-state index in [1.165, 1.54) is 0 Å². The maximum Gasteiger partial charge on any atom is 0.152 e. The van der Waals surface area contributed by atoms with Crippen LogP contribution in [-0.2, 0) is 9.84 Å². The van der Waals surface area contributed by atoms with Crippen LogP contribution in [0.5, 0.6) is 0 Å². The number of hydrogen-bond donors (Lipinski definition) is 1. The molecule has 1 N–H and O–H groups in total. The van der Waals surface area contributed by atoms with Crippen molar-refractivity contribution < 1.29 is 13.5 Å². The smallest absolute Gasteiger partial charge is 0.152 e. The molecule has 1 saturated carbocycles. The van der Waals surface area contributed by atoms with Crippen LogP contribution in [0.2, 0.25) is 0 Å². The summed E-state index contributed by atoms with van der Waals surface area (Å²) in [5.74, 6) is -0.139. The van der Waals surface area contributed by atoms with Gasteiger partial charge in [0.2, 0.25) is 0 Å². The van der Waals surface area contributed by atoms with Gasteiger partial charge >= 0.3 is 0 Å². The molecule has 5 heteroatoms. The van der Waals surface area contributed by atoms with Gasteiger partial charge < -0.3 is 5.11 Å². The van der Waals surface area contributed by atoms with Crippen LogP contribution in [-0.4, -0.2) is 30.6 Å². The molecule has 1 saturated heterocycles. The molecule has 1 heterocycles. The molecule has 2 atom stereocenters. The molecule has 0 aromatic rings. The number of rotatable bonds is 1. The van der Waals surface area contributed by atoms with Crippen molar-refractivity contribution in [3.05, 3.63) is 0 Å². The van der Waals surface area contributed by atoms with Gasteiger partial charge in [-0.3, -0.25) is 0 Å². The molecule has 0 radical (unpaired) electrons. The van der Waals surface area contributed by atoms with Crippen LogP contribution in [0.15, 0.2) is 0 Å². The Labute approximate surface area is 115 Å². The summed E-state index contributed by atoms with van der Waals surface area (Å²) >= 11 is 0. The van der Waals surface area contributed by atoms with Crippen LogP contribution in [0, 0.1) is 22.2 Å². The number of hydrogen-bond acceptors (Lipinski definition) is 4. The lowest BCUT2D eigenvalue weighted by molar-refractivity contribution is -0.0577. The summed E-state index contributed by atoms with van der Waals surface area (Å²) in [6.07, 6.45) is 4.06. The van der Waals surface area contributed by atoms with E-state index in [1.54, 1.807) is 0 Å². The lowest BCUT2D eigenvalue weighted by Crippen LogP contribution is -2.48. The zero-order valence-corrected chi connectivity index (χ0v) is 12.6. The summed E-state index contributed by atoms with van der Waals surface area (Å²) in [5.41, 5.74) is -2.07. The SMILES string of the molecule is CC1(C)CCCC(O)(C2(C#N)CCS(=O)(=O)C2)CC1. The van der Waals surface area contributed by atoms with Gasteiger partial charge in [-0.1, -0.05) is 20.3 Å². The lowest BCUT2D eigenvalue weighted by atomic mass is 9.68. The summed E-state index contributed by atoms with van der Waals surface area (Å²) in [6.45, 7) is 4.34. The Kier molecular flexibility index (Phi) is 3.47. The normalized spacial score (nSPS) is 41.4. The fourth-order valence-corrected chi connectivity index (χ4v) is 5.57. The van der Waals surface area contributed by atoms with Crippen LogP contribution in [0.4, 0.5) is 0 Å². The van der Waals surface area contributed by atoms with Gasteiger partial charge in [0.1, 0.15) is 5.41 Å². The lowest BCUT2D eigenvalue weighted by Gasteiger charge is -2.39. The quantitative estimate of drug-likeness (QED) is 0.748. The van der Waals surface area contributed by atoms with E-state index in [0.29, 0.717) is 12.8 Å². The third-order valence-electron chi connectivity index (χ3n) is 5.07. The molecule has 0 aromatic heterocycles. The van der Waals surface area contributed by atoms with E-state index in [0.717, 1.165) is 19.3 Å². The maximum atomic E-state index is 11.7. The first-order chi connectivity index (χ1) is 8.64. The Morgan fingerprint density at radius 3 is 2.32 bits per heavy atom. The Morgan fingerprint density at radius 2 is 1.79 bits per heavy atom. The number of aliphatic hydroxyl groups is 1. The minimum Gasteiger partial charge on any atom is -0.388 e. The molecule has 0 aromatic carbocycles. The van der Waals surface area contributed by atoms with Crippen LogP contribution < -0.4 is 0 Å². The highest BCUT2D eigenvalue weighted by Crippen LogP contribution is 2.50. The molecule has 0 bridgehead atoms. The highest BCUT2D eigenvalue weighted by molar-refractivity contribution is 7.91. The Hall–Kier alpha value is -0.600. The van der Waals surface area contributed by atoms with Gasteiger partial charge in [-0.05, 0) is 37.5 Å². The predicted molar refractivity (Wildman–Crippen MR) is 73.1 cm³/mol. The molecule has 2 rings (SSSR count). The van der Waals surface area contributed by atoms with Crippen molar-refractivity contribution in [2.45, 2.75) is 58.0 Å². The topological polar surface area (TPSA) is 78.2 Å². The predicted octanol–water partition coefficient (Wildman–Crippen LogP) is 2.04. The van der Waals surface area contributed by atoms with Crippen molar-refractivity contribution >= 4 is 9.84 Å². The minimum atomic E-state index is -3.18. The second-order valence-electron chi connectivity index (χ2n) is 7.09. The van der Waals surface area contributed by atoms with Crippen molar-refractivity contribution in [1.82, 2.24) is 0 Å². The van der Waals surface area contributed by atoms with E-state index in [-0.39, 0.29) is 23.3 Å². The van der Waals surface area contributed by atoms with Crippen LogP contribution in [0.1, 0.15) is 52.4 Å². The average molecular weight is 285 g/mol. The number of nitrogens with zero attached hydrogens (tertiary/aromatic N) is 1. The molecule has 1 aliphatic heterocycles. The zero-order valence-electron chi connectivity index (χ0n) is 11.8. The van der Waals surface area contributed by atoms with Crippen LogP contribution in [0.25, 0.3) is 0 Å². The van der Waals surface area contributed by atoms with E-state index in [9.17, 15) is 18.8 Å². The molecule has 2 fully saturated rings. The average Bonchev–Trinajstić information content (AvgIpc) is 2.56. The highest BCUT2D eigenvalue weighted by Gasteiger charge is 2.57. The van der Waals surface area contributed by atoms with Gasteiger partial charge in [0.15, 0.2) is 9.84 Å². The van der Waals surface area contributed by atoms with Crippen LogP contribution in [0.3, 0.4) is 0 Å². The molecular formula is C14H23NO3S. The molecule has 0 amide bonds. The fourth-order valence-electron chi connectivity index (χ4n) is 3.54. The van der Waals surface area contributed by atoms with E-state index in [2.05, 4.69) is 19.9 Å².